The van der Waals surface area contributed by atoms with Gasteiger partial charge in [-0.15, -0.1) is 0 Å². The number of hydrogen-bond acceptors (Lipinski definition) is 4. The van der Waals surface area contributed by atoms with Gasteiger partial charge in [0.15, 0.2) is 17.0 Å². The van der Waals surface area contributed by atoms with E-state index in [4.69, 9.17) is 0 Å². The Labute approximate surface area is 137 Å². The lowest BCUT2D eigenvalue weighted by Crippen LogP contribution is -2.64. The van der Waals surface area contributed by atoms with E-state index in [2.05, 4.69) is 20.9 Å². The molecule has 2 unspecified atom stereocenters. The Hall–Kier alpha value is -1.89. The van der Waals surface area contributed by atoms with Gasteiger partial charge in [-0.25, -0.2) is 9.79 Å². The Morgan fingerprint density at radius 1 is 1.14 bits per heavy atom. The van der Waals surface area contributed by atoms with Crippen molar-refractivity contribution < 1.29 is 9.59 Å². The Kier molecular flexibility index (Phi) is 3.90. The van der Waals surface area contributed by atoms with E-state index in [9.17, 15) is 9.59 Å². The van der Waals surface area contributed by atoms with E-state index in [1.54, 1.807) is 19.0 Å². The lowest BCUT2D eigenvalue weighted by atomic mass is 10.1. The van der Waals surface area contributed by atoms with E-state index in [0.717, 1.165) is 5.56 Å². The third kappa shape index (κ3) is 2.39. The molecule has 0 aliphatic carbocycles. The van der Waals surface area contributed by atoms with E-state index in [-0.39, 0.29) is 11.9 Å². The number of benzene rings is 1. The van der Waals surface area contributed by atoms with Gasteiger partial charge in [0, 0.05) is 20.6 Å². The number of amidine groups is 1. The van der Waals surface area contributed by atoms with Gasteiger partial charge in [0.05, 0.1) is 0 Å². The predicted octanol–water partition coefficient (Wildman–Crippen LogP) is 1.51. The van der Waals surface area contributed by atoms with Crippen molar-refractivity contribution in [2.24, 2.45) is 4.99 Å². The molecule has 1 aromatic rings. The average Bonchev–Trinajstić information content (AvgIpc) is 2.82. The Morgan fingerprint density at radius 2 is 1.82 bits per heavy atom. The number of rotatable bonds is 3. The molecule has 22 heavy (non-hydrogen) atoms. The summed E-state index contributed by atoms with van der Waals surface area (Å²) in [4.78, 5) is 34.1. The Bertz CT molecular complexity index is 634. The van der Waals surface area contributed by atoms with Crippen molar-refractivity contribution in [2.75, 3.05) is 20.6 Å². The molecular weight excluding hydrogens is 348 g/mol. The maximum absolute atomic E-state index is 12.7. The van der Waals surface area contributed by atoms with Crippen LogP contribution in [0.4, 0.5) is 4.79 Å². The molecule has 2 aliphatic heterocycles. The van der Waals surface area contributed by atoms with Gasteiger partial charge in [0.2, 0.25) is 0 Å². The molecule has 1 aromatic carbocycles. The highest BCUT2D eigenvalue weighted by Gasteiger charge is 2.50. The van der Waals surface area contributed by atoms with E-state index in [0.29, 0.717) is 17.7 Å². The number of hydrogen-bond donors (Lipinski definition) is 0. The summed E-state index contributed by atoms with van der Waals surface area (Å²) in [6.45, 7) is 0.376. The van der Waals surface area contributed by atoms with Gasteiger partial charge in [-0.05, 0) is 27.9 Å². The maximum Gasteiger partial charge on any atom is 0.328 e. The second-order valence-electron chi connectivity index (χ2n) is 5.49. The molecular formula is C15H17BrN4O2. The van der Waals surface area contributed by atoms with Crippen molar-refractivity contribution in [1.82, 2.24) is 14.7 Å². The minimum atomic E-state index is -0.452. The Morgan fingerprint density at radius 3 is 2.50 bits per heavy atom. The normalized spacial score (nSPS) is 24.7. The lowest BCUT2D eigenvalue weighted by molar-refractivity contribution is -0.136. The molecule has 0 bridgehead atoms. The van der Waals surface area contributed by atoms with Crippen molar-refractivity contribution in [3.8, 4) is 0 Å². The number of likely N-dealkylation sites (N-methyl/N-ethyl adjacent to an activating group) is 2. The molecule has 0 aromatic heterocycles. The molecule has 1 saturated heterocycles. The number of carbonyl (C=O) groups is 2. The van der Waals surface area contributed by atoms with Crippen LogP contribution in [-0.2, 0) is 11.2 Å². The highest BCUT2D eigenvalue weighted by Crippen LogP contribution is 2.28. The zero-order valence-corrected chi connectivity index (χ0v) is 14.0. The van der Waals surface area contributed by atoms with Gasteiger partial charge in [-0.1, -0.05) is 30.3 Å². The van der Waals surface area contributed by atoms with E-state index in [1.165, 1.54) is 9.80 Å². The van der Waals surface area contributed by atoms with Crippen LogP contribution in [0.5, 0.6) is 0 Å². The van der Waals surface area contributed by atoms with E-state index < -0.39 is 12.2 Å². The summed E-state index contributed by atoms with van der Waals surface area (Å²) in [5.74, 6) is -0.190. The Balaban J connectivity index is 1.78. The summed E-state index contributed by atoms with van der Waals surface area (Å²) < 4.78 is 0.598. The van der Waals surface area contributed by atoms with Gasteiger partial charge in [0.25, 0.3) is 5.91 Å². The van der Waals surface area contributed by atoms with Crippen LogP contribution in [-0.4, -0.2) is 64.2 Å². The molecule has 1 fully saturated rings. The zero-order chi connectivity index (χ0) is 15.9. The highest BCUT2D eigenvalue weighted by molar-refractivity contribution is 9.18. The molecule has 6 nitrogen and oxygen atoms in total. The van der Waals surface area contributed by atoms with Crippen LogP contribution >= 0.6 is 15.9 Å². The molecule has 0 saturated carbocycles. The quantitative estimate of drug-likeness (QED) is 0.764. The predicted molar refractivity (Wildman–Crippen MR) is 86.7 cm³/mol. The van der Waals surface area contributed by atoms with E-state index in [1.807, 2.05) is 30.3 Å². The topological polar surface area (TPSA) is 56.2 Å². The van der Waals surface area contributed by atoms with Crippen LogP contribution in [0.2, 0.25) is 0 Å². The molecule has 116 valence electrons. The number of halogens is 1. The summed E-state index contributed by atoms with van der Waals surface area (Å²) in [5, 5.41) is 0. The summed E-state index contributed by atoms with van der Waals surface area (Å²) >= 11 is 3.33. The fourth-order valence-electron chi connectivity index (χ4n) is 2.83. The summed E-state index contributed by atoms with van der Waals surface area (Å²) in [7, 11) is 3.49. The molecule has 7 heteroatoms. The minimum absolute atomic E-state index is 0.190. The molecule has 2 atom stereocenters. The average molecular weight is 365 g/mol. The number of amides is 3. The van der Waals surface area contributed by atoms with Crippen LogP contribution in [0.3, 0.4) is 0 Å². The fourth-order valence-corrected chi connectivity index (χ4v) is 3.26. The van der Waals surface area contributed by atoms with Gasteiger partial charge >= 0.3 is 6.03 Å². The van der Waals surface area contributed by atoms with E-state index >= 15 is 0 Å². The first-order chi connectivity index (χ1) is 10.5. The van der Waals surface area contributed by atoms with Gasteiger partial charge in [0.1, 0.15) is 0 Å². The minimum Gasteiger partial charge on any atom is -0.338 e. The molecule has 2 aliphatic rings. The first-order valence-corrected chi connectivity index (χ1v) is 7.88. The molecule has 0 spiro atoms. The second-order valence-corrected chi connectivity index (χ2v) is 6.20. The first-order valence-electron chi connectivity index (χ1n) is 7.09. The lowest BCUT2D eigenvalue weighted by Gasteiger charge is -2.40. The van der Waals surface area contributed by atoms with Gasteiger partial charge in [-0.2, -0.15) is 0 Å². The van der Waals surface area contributed by atoms with Crippen molar-refractivity contribution in [3.05, 3.63) is 35.9 Å². The SMILES string of the molecule is CN1C(=O)N(CCc2ccccc2)C(=O)C2C1N=C(Br)N2C. The number of fused-ring (bicyclic) bond motifs is 1. The number of aliphatic imine (C=N–C) groups is 1. The summed E-state index contributed by atoms with van der Waals surface area (Å²) in [6, 6.07) is 9.09. The molecule has 0 radical (unpaired) electrons. The van der Waals surface area contributed by atoms with Crippen molar-refractivity contribution in [1.29, 1.82) is 0 Å². The maximum atomic E-state index is 12.7. The number of nitrogens with zero attached hydrogens (tertiary/aromatic N) is 4. The van der Waals surface area contributed by atoms with Crippen molar-refractivity contribution in [3.63, 3.8) is 0 Å². The molecule has 3 amide bonds. The van der Waals surface area contributed by atoms with Crippen LogP contribution in [0.1, 0.15) is 5.56 Å². The summed E-state index contributed by atoms with van der Waals surface area (Å²) in [5.41, 5.74) is 1.10. The zero-order valence-electron chi connectivity index (χ0n) is 12.4. The van der Waals surface area contributed by atoms with Crippen LogP contribution in [0, 0.1) is 0 Å². The fraction of sp³-hybridized carbons (Fsp3) is 0.400. The number of urea groups is 1. The third-order valence-corrected chi connectivity index (χ3v) is 4.91. The van der Waals surface area contributed by atoms with Crippen LogP contribution in [0.15, 0.2) is 35.3 Å². The molecule has 2 heterocycles. The van der Waals surface area contributed by atoms with Gasteiger partial charge in [-0.3, -0.25) is 9.69 Å². The summed E-state index contributed by atoms with van der Waals surface area (Å²) in [6.07, 6.45) is 0.197. The van der Waals surface area contributed by atoms with Crippen molar-refractivity contribution in [2.45, 2.75) is 18.6 Å². The standard InChI is InChI=1S/C15H17BrN4O2/c1-18-11-12(17-14(18)16)19(2)15(22)20(13(11)21)9-8-10-6-4-3-5-7-10/h3-7,11-12H,8-9H2,1-2H3. The van der Waals surface area contributed by atoms with Crippen LogP contribution < -0.4 is 0 Å². The van der Waals surface area contributed by atoms with Gasteiger partial charge < -0.3 is 9.80 Å². The smallest absolute Gasteiger partial charge is 0.328 e. The first kappa shape index (κ1) is 15.0. The highest BCUT2D eigenvalue weighted by atomic mass is 79.9. The number of imide groups is 1. The second kappa shape index (κ2) is 5.72. The van der Waals surface area contributed by atoms with Crippen molar-refractivity contribution >= 4 is 32.6 Å². The molecule has 3 rings (SSSR count). The third-order valence-electron chi connectivity index (χ3n) is 4.14. The largest absolute Gasteiger partial charge is 0.338 e. The molecule has 0 N–H and O–H groups in total. The van der Waals surface area contributed by atoms with Crippen LogP contribution in [0.25, 0.3) is 0 Å². The monoisotopic (exact) mass is 364 g/mol. The number of carbonyl (C=O) groups excluding carboxylic acids is 2.